The van der Waals surface area contributed by atoms with Crippen LogP contribution in [-0.2, 0) is 4.79 Å². The van der Waals surface area contributed by atoms with E-state index in [0.717, 1.165) is 0 Å². The van der Waals surface area contributed by atoms with Crippen LogP contribution in [0.15, 0.2) is 78.9 Å². The van der Waals surface area contributed by atoms with Gasteiger partial charge in [-0.25, -0.2) is 0 Å². The summed E-state index contributed by atoms with van der Waals surface area (Å²) in [5.74, 6) is 0.523. The highest BCUT2D eigenvalue weighted by molar-refractivity contribution is 6.05. The smallest absolute Gasteiger partial charge is 0.262 e. The Morgan fingerprint density at radius 3 is 2.21 bits per heavy atom. The lowest BCUT2D eigenvalue weighted by Gasteiger charge is -2.13. The number of anilines is 2. The maximum absolute atomic E-state index is 12.4. The zero-order valence-corrected chi connectivity index (χ0v) is 15.3. The maximum atomic E-state index is 12.4. The van der Waals surface area contributed by atoms with Crippen LogP contribution in [-0.4, -0.2) is 25.5 Å². The number of methoxy groups -OCH3 is 1. The fraction of sp³-hybridized carbons (Fsp3) is 0.0909. The number of hydrogen-bond acceptors (Lipinski definition) is 4. The minimum absolute atomic E-state index is 0.123. The average molecular weight is 376 g/mol. The van der Waals surface area contributed by atoms with Crippen molar-refractivity contribution in [3.05, 3.63) is 84.4 Å². The van der Waals surface area contributed by atoms with E-state index in [1.807, 2.05) is 24.3 Å². The van der Waals surface area contributed by atoms with E-state index >= 15 is 0 Å². The van der Waals surface area contributed by atoms with E-state index in [9.17, 15) is 9.59 Å². The molecular formula is C22H20N2O4. The number of nitrogens with one attached hydrogen (secondary N) is 2. The first kappa shape index (κ1) is 19.0. The van der Waals surface area contributed by atoms with Gasteiger partial charge in [-0.1, -0.05) is 36.4 Å². The summed E-state index contributed by atoms with van der Waals surface area (Å²) in [6.45, 7) is -0.123. The predicted molar refractivity (Wildman–Crippen MR) is 108 cm³/mol. The van der Waals surface area contributed by atoms with Crippen molar-refractivity contribution in [1.82, 2.24) is 0 Å². The highest BCUT2D eigenvalue weighted by Gasteiger charge is 2.12. The third-order valence-corrected chi connectivity index (χ3v) is 3.88. The Morgan fingerprint density at radius 2 is 1.54 bits per heavy atom. The van der Waals surface area contributed by atoms with Gasteiger partial charge in [0.1, 0.15) is 11.5 Å². The first-order valence-corrected chi connectivity index (χ1v) is 8.68. The molecule has 0 heterocycles. The Kier molecular flexibility index (Phi) is 6.25. The highest BCUT2D eigenvalue weighted by Crippen LogP contribution is 2.28. The van der Waals surface area contributed by atoms with Crippen molar-refractivity contribution < 1.29 is 19.1 Å². The van der Waals surface area contributed by atoms with Gasteiger partial charge < -0.3 is 20.1 Å². The van der Waals surface area contributed by atoms with Gasteiger partial charge >= 0.3 is 0 Å². The number of para-hydroxylation sites is 1. The summed E-state index contributed by atoms with van der Waals surface area (Å²) in [7, 11) is 1.51. The summed E-state index contributed by atoms with van der Waals surface area (Å²) in [6.07, 6.45) is 0. The zero-order chi connectivity index (χ0) is 19.8. The van der Waals surface area contributed by atoms with Gasteiger partial charge in [0.05, 0.1) is 12.8 Å². The van der Waals surface area contributed by atoms with E-state index in [1.54, 1.807) is 54.6 Å². The van der Waals surface area contributed by atoms with Gasteiger partial charge in [-0.15, -0.1) is 0 Å². The number of amides is 2. The summed E-state index contributed by atoms with van der Waals surface area (Å²) < 4.78 is 10.7. The number of carbonyl (C=O) groups excluding carboxylic acids is 2. The molecule has 3 aromatic rings. The van der Waals surface area contributed by atoms with Crippen molar-refractivity contribution >= 4 is 23.2 Å². The topological polar surface area (TPSA) is 76.7 Å². The number of benzene rings is 3. The van der Waals surface area contributed by atoms with E-state index in [2.05, 4.69) is 10.6 Å². The molecule has 3 aromatic carbocycles. The fourth-order valence-corrected chi connectivity index (χ4v) is 2.53. The van der Waals surface area contributed by atoms with Crippen LogP contribution in [0.3, 0.4) is 0 Å². The van der Waals surface area contributed by atoms with E-state index < -0.39 is 0 Å². The number of hydrogen-bond donors (Lipinski definition) is 2. The standard InChI is InChI=1S/C22H20N2O4/c1-27-20-13-12-17(23-21(25)15-28-18-10-6-3-7-11-18)14-19(20)24-22(26)16-8-4-2-5-9-16/h2-14H,15H2,1H3,(H,23,25)(H,24,26). The van der Waals surface area contributed by atoms with Crippen molar-refractivity contribution in [2.45, 2.75) is 0 Å². The van der Waals surface area contributed by atoms with Crippen LogP contribution in [0, 0.1) is 0 Å². The average Bonchev–Trinajstić information content (AvgIpc) is 2.74. The van der Waals surface area contributed by atoms with Crippen molar-refractivity contribution in [1.29, 1.82) is 0 Å². The van der Waals surface area contributed by atoms with E-state index in [-0.39, 0.29) is 18.4 Å². The quantitative estimate of drug-likeness (QED) is 0.654. The minimum atomic E-state index is -0.311. The molecule has 28 heavy (non-hydrogen) atoms. The second kappa shape index (κ2) is 9.23. The summed E-state index contributed by atoms with van der Waals surface area (Å²) >= 11 is 0. The molecule has 0 bridgehead atoms. The monoisotopic (exact) mass is 376 g/mol. The van der Waals surface area contributed by atoms with Crippen molar-refractivity contribution in [3.63, 3.8) is 0 Å². The van der Waals surface area contributed by atoms with Crippen molar-refractivity contribution in [2.24, 2.45) is 0 Å². The molecular weight excluding hydrogens is 356 g/mol. The van der Waals surface area contributed by atoms with Crippen LogP contribution in [0.25, 0.3) is 0 Å². The number of ether oxygens (including phenoxy) is 2. The second-order valence-electron chi connectivity index (χ2n) is 5.89. The molecule has 0 aliphatic carbocycles. The van der Waals surface area contributed by atoms with Crippen LogP contribution in [0.1, 0.15) is 10.4 Å². The molecule has 6 heteroatoms. The lowest BCUT2D eigenvalue weighted by molar-refractivity contribution is -0.118. The van der Waals surface area contributed by atoms with E-state index in [1.165, 1.54) is 7.11 Å². The predicted octanol–water partition coefficient (Wildman–Crippen LogP) is 3.97. The molecule has 0 atom stereocenters. The first-order chi connectivity index (χ1) is 13.7. The number of rotatable bonds is 7. The van der Waals surface area contributed by atoms with Gasteiger partial charge in [-0.05, 0) is 42.5 Å². The van der Waals surface area contributed by atoms with Gasteiger partial charge in [0.15, 0.2) is 6.61 Å². The Balaban J connectivity index is 1.66. The van der Waals surface area contributed by atoms with Crippen LogP contribution in [0.4, 0.5) is 11.4 Å². The largest absolute Gasteiger partial charge is 0.495 e. The molecule has 0 unspecified atom stereocenters. The maximum Gasteiger partial charge on any atom is 0.262 e. The lowest BCUT2D eigenvalue weighted by atomic mass is 10.2. The fourth-order valence-electron chi connectivity index (χ4n) is 2.53. The Morgan fingerprint density at radius 1 is 0.857 bits per heavy atom. The summed E-state index contributed by atoms with van der Waals surface area (Å²) in [6, 6.07) is 22.9. The zero-order valence-electron chi connectivity index (χ0n) is 15.3. The summed E-state index contributed by atoms with van der Waals surface area (Å²) in [4.78, 5) is 24.5. The molecule has 0 aliphatic heterocycles. The summed E-state index contributed by atoms with van der Waals surface area (Å²) in [5, 5.41) is 5.55. The Hall–Kier alpha value is -3.80. The molecule has 0 radical (unpaired) electrons. The lowest BCUT2D eigenvalue weighted by Crippen LogP contribution is -2.20. The van der Waals surface area contributed by atoms with Crippen LogP contribution in [0.5, 0.6) is 11.5 Å². The first-order valence-electron chi connectivity index (χ1n) is 8.68. The van der Waals surface area contributed by atoms with Gasteiger partial charge in [0.25, 0.3) is 11.8 Å². The van der Waals surface area contributed by atoms with E-state index in [4.69, 9.17) is 9.47 Å². The van der Waals surface area contributed by atoms with Crippen molar-refractivity contribution in [3.8, 4) is 11.5 Å². The molecule has 2 N–H and O–H groups in total. The van der Waals surface area contributed by atoms with Gasteiger partial charge in [0.2, 0.25) is 0 Å². The van der Waals surface area contributed by atoms with Gasteiger partial charge in [0, 0.05) is 11.3 Å². The molecule has 3 rings (SSSR count). The summed E-state index contributed by atoms with van der Waals surface area (Å²) in [5.41, 5.74) is 1.50. The van der Waals surface area contributed by atoms with Crippen LogP contribution in [0.2, 0.25) is 0 Å². The minimum Gasteiger partial charge on any atom is -0.495 e. The third-order valence-electron chi connectivity index (χ3n) is 3.88. The third kappa shape index (κ3) is 5.11. The number of carbonyl (C=O) groups is 2. The molecule has 2 amide bonds. The molecule has 0 aliphatic rings. The molecule has 0 fully saturated rings. The van der Waals surface area contributed by atoms with Gasteiger partial charge in [-0.2, -0.15) is 0 Å². The SMILES string of the molecule is COc1ccc(NC(=O)COc2ccccc2)cc1NC(=O)c1ccccc1. The van der Waals surface area contributed by atoms with Gasteiger partial charge in [-0.3, -0.25) is 9.59 Å². The molecule has 0 spiro atoms. The molecule has 0 saturated heterocycles. The van der Waals surface area contributed by atoms with Crippen molar-refractivity contribution in [2.75, 3.05) is 24.4 Å². The normalized spacial score (nSPS) is 10.0. The molecule has 0 saturated carbocycles. The van der Waals surface area contributed by atoms with Crippen LogP contribution >= 0.6 is 0 Å². The second-order valence-corrected chi connectivity index (χ2v) is 5.89. The highest BCUT2D eigenvalue weighted by atomic mass is 16.5. The molecule has 0 aromatic heterocycles. The Labute approximate surface area is 163 Å². The van der Waals surface area contributed by atoms with Crippen LogP contribution < -0.4 is 20.1 Å². The van der Waals surface area contributed by atoms with E-state index in [0.29, 0.717) is 28.4 Å². The Bertz CT molecular complexity index is 943. The molecule has 6 nitrogen and oxygen atoms in total. The molecule has 142 valence electrons.